The van der Waals surface area contributed by atoms with Crippen LogP contribution in [0.2, 0.25) is 0 Å². The topological polar surface area (TPSA) is 59.6 Å². The minimum atomic E-state index is -5.87. The van der Waals surface area contributed by atoms with E-state index in [4.69, 9.17) is 4.74 Å². The molecule has 0 bridgehead atoms. The number of benzene rings is 1. The lowest BCUT2D eigenvalue weighted by Gasteiger charge is -2.38. The molecule has 0 aliphatic heterocycles. The van der Waals surface area contributed by atoms with Crippen molar-refractivity contribution in [2.24, 2.45) is 0 Å². The highest BCUT2D eigenvalue weighted by Gasteiger charge is 2.72. The Hall–Kier alpha value is -2.17. The fourth-order valence-corrected chi connectivity index (χ4v) is 1.85. The average Bonchev–Trinajstić information content (AvgIpc) is 2.49. The molecule has 0 aliphatic rings. The quantitative estimate of drug-likeness (QED) is 0.592. The van der Waals surface area contributed by atoms with Crippen molar-refractivity contribution in [1.82, 2.24) is 10.6 Å². The SMILES string of the molecule is CCOC(=O)NC(NCc1ccc(OC)cc1)(C(F)(F)F)C(F)(F)F. The number of carbonyl (C=O) groups is 1. The van der Waals surface area contributed by atoms with Gasteiger partial charge in [-0.3, -0.25) is 10.6 Å². The first-order valence-corrected chi connectivity index (χ1v) is 6.93. The zero-order valence-corrected chi connectivity index (χ0v) is 13.2. The molecule has 0 atom stereocenters. The fourth-order valence-electron chi connectivity index (χ4n) is 1.85. The number of rotatable bonds is 6. The van der Waals surface area contributed by atoms with E-state index in [1.54, 1.807) is 0 Å². The normalized spacial score (nSPS) is 12.6. The third-order valence-electron chi connectivity index (χ3n) is 3.13. The first-order chi connectivity index (χ1) is 11.5. The Kier molecular flexibility index (Phi) is 6.52. The number of halogens is 6. The van der Waals surface area contributed by atoms with E-state index in [2.05, 4.69) is 4.74 Å². The van der Waals surface area contributed by atoms with Gasteiger partial charge in [-0.25, -0.2) is 4.79 Å². The van der Waals surface area contributed by atoms with E-state index in [9.17, 15) is 31.1 Å². The molecule has 0 unspecified atom stereocenters. The summed E-state index contributed by atoms with van der Waals surface area (Å²) in [6.07, 6.45) is -13.6. The zero-order valence-electron chi connectivity index (χ0n) is 13.2. The van der Waals surface area contributed by atoms with Crippen molar-refractivity contribution in [3.8, 4) is 5.75 Å². The molecule has 1 rings (SSSR count). The Balaban J connectivity index is 3.13. The number of hydrogen-bond donors (Lipinski definition) is 2. The first kappa shape index (κ1) is 20.9. The standard InChI is InChI=1S/C14H16F6N2O3/c1-3-25-11(23)22-12(13(15,16)17,14(18,19)20)21-8-9-4-6-10(24-2)7-5-9/h4-7,21H,3,8H2,1-2H3,(H,22,23). The van der Waals surface area contributed by atoms with Crippen molar-refractivity contribution in [3.63, 3.8) is 0 Å². The molecule has 142 valence electrons. The summed E-state index contributed by atoms with van der Waals surface area (Å²) in [5.41, 5.74) is -4.55. The van der Waals surface area contributed by atoms with Crippen molar-refractivity contribution in [3.05, 3.63) is 29.8 Å². The highest BCUT2D eigenvalue weighted by molar-refractivity contribution is 5.68. The van der Waals surface area contributed by atoms with Crippen LogP contribution in [0.1, 0.15) is 12.5 Å². The van der Waals surface area contributed by atoms with Crippen molar-refractivity contribution in [2.45, 2.75) is 31.5 Å². The maximum absolute atomic E-state index is 13.2. The molecule has 25 heavy (non-hydrogen) atoms. The molecule has 0 saturated carbocycles. The molecule has 2 N–H and O–H groups in total. The van der Waals surface area contributed by atoms with Gasteiger partial charge in [-0.2, -0.15) is 26.3 Å². The molecule has 1 aromatic carbocycles. The van der Waals surface area contributed by atoms with Gasteiger partial charge in [0.05, 0.1) is 13.7 Å². The van der Waals surface area contributed by atoms with Gasteiger partial charge in [0.15, 0.2) is 0 Å². The first-order valence-electron chi connectivity index (χ1n) is 6.93. The molecule has 0 radical (unpaired) electrons. The van der Waals surface area contributed by atoms with Crippen LogP contribution >= 0.6 is 0 Å². The molecule has 1 amide bonds. The number of carbonyl (C=O) groups excluding carboxylic acids is 1. The molecular weight excluding hydrogens is 358 g/mol. The van der Waals surface area contributed by atoms with Gasteiger partial charge in [0.1, 0.15) is 5.75 Å². The Morgan fingerprint density at radius 1 is 1.04 bits per heavy atom. The average molecular weight is 374 g/mol. The number of ether oxygens (including phenoxy) is 2. The summed E-state index contributed by atoms with van der Waals surface area (Å²) in [4.78, 5) is 11.3. The van der Waals surface area contributed by atoms with Gasteiger partial charge in [0, 0.05) is 6.54 Å². The van der Waals surface area contributed by atoms with E-state index in [0.717, 1.165) is 5.32 Å². The maximum Gasteiger partial charge on any atom is 0.434 e. The molecule has 5 nitrogen and oxygen atoms in total. The molecule has 0 spiro atoms. The van der Waals surface area contributed by atoms with E-state index in [-0.39, 0.29) is 5.56 Å². The van der Waals surface area contributed by atoms with Gasteiger partial charge < -0.3 is 9.47 Å². The second-order valence-corrected chi connectivity index (χ2v) is 4.79. The lowest BCUT2D eigenvalue weighted by molar-refractivity contribution is -0.315. The lowest BCUT2D eigenvalue weighted by Crippen LogP contribution is -2.75. The van der Waals surface area contributed by atoms with E-state index in [1.807, 2.05) is 0 Å². The van der Waals surface area contributed by atoms with E-state index in [1.165, 1.54) is 43.6 Å². The Labute approximate surface area is 139 Å². The van der Waals surface area contributed by atoms with Crippen LogP contribution in [0.3, 0.4) is 0 Å². The second kappa shape index (κ2) is 7.81. The van der Waals surface area contributed by atoms with E-state index < -0.39 is 37.3 Å². The van der Waals surface area contributed by atoms with Crippen LogP contribution in [0.4, 0.5) is 31.1 Å². The highest BCUT2D eigenvalue weighted by Crippen LogP contribution is 2.41. The molecule has 11 heteroatoms. The second-order valence-electron chi connectivity index (χ2n) is 4.79. The third-order valence-corrected chi connectivity index (χ3v) is 3.13. The summed E-state index contributed by atoms with van der Waals surface area (Å²) < 4.78 is 88.3. The number of nitrogens with one attached hydrogen (secondary N) is 2. The van der Waals surface area contributed by atoms with Crippen LogP contribution < -0.4 is 15.4 Å². The van der Waals surface area contributed by atoms with Crippen LogP contribution in [-0.2, 0) is 11.3 Å². The van der Waals surface area contributed by atoms with Crippen molar-refractivity contribution in [1.29, 1.82) is 0 Å². The van der Waals surface area contributed by atoms with E-state index >= 15 is 0 Å². The third kappa shape index (κ3) is 4.91. The van der Waals surface area contributed by atoms with Crippen LogP contribution in [0, 0.1) is 0 Å². The summed E-state index contributed by atoms with van der Waals surface area (Å²) >= 11 is 0. The van der Waals surface area contributed by atoms with Crippen LogP contribution in [0.15, 0.2) is 24.3 Å². The van der Waals surface area contributed by atoms with Gasteiger partial charge in [-0.1, -0.05) is 12.1 Å². The molecule has 0 heterocycles. The molecule has 0 aromatic heterocycles. The Morgan fingerprint density at radius 2 is 1.56 bits per heavy atom. The molecule has 1 aromatic rings. The van der Waals surface area contributed by atoms with Crippen molar-refractivity contribution in [2.75, 3.05) is 13.7 Å². The van der Waals surface area contributed by atoms with Gasteiger partial charge >= 0.3 is 18.4 Å². The Bertz CT molecular complexity index is 557. The number of alkyl halides is 6. The lowest BCUT2D eigenvalue weighted by atomic mass is 10.1. The van der Waals surface area contributed by atoms with Gasteiger partial charge in [0.2, 0.25) is 0 Å². The van der Waals surface area contributed by atoms with Gasteiger partial charge in [-0.05, 0) is 24.6 Å². The predicted molar refractivity (Wildman–Crippen MR) is 74.8 cm³/mol. The number of methoxy groups -OCH3 is 1. The summed E-state index contributed by atoms with van der Waals surface area (Å²) in [7, 11) is 1.36. The predicted octanol–water partition coefficient (Wildman–Crippen LogP) is 3.35. The maximum atomic E-state index is 13.2. The van der Waals surface area contributed by atoms with Crippen LogP contribution in [0.5, 0.6) is 5.75 Å². The molecule has 0 saturated heterocycles. The van der Waals surface area contributed by atoms with Crippen molar-refractivity contribution >= 4 is 6.09 Å². The summed E-state index contributed by atoms with van der Waals surface area (Å²) in [5.74, 6) is 0.381. The minimum absolute atomic E-state index is 0.115. The molecular formula is C14H16F6N2O3. The van der Waals surface area contributed by atoms with Crippen LogP contribution in [0.25, 0.3) is 0 Å². The summed E-state index contributed by atoms with van der Waals surface area (Å²) in [6.45, 7) is 0.0265. The zero-order chi connectivity index (χ0) is 19.3. The van der Waals surface area contributed by atoms with Crippen molar-refractivity contribution < 1.29 is 40.6 Å². The minimum Gasteiger partial charge on any atom is -0.497 e. The highest BCUT2D eigenvalue weighted by atomic mass is 19.4. The number of amides is 1. The van der Waals surface area contributed by atoms with Gasteiger partial charge in [0.25, 0.3) is 5.66 Å². The smallest absolute Gasteiger partial charge is 0.434 e. The monoisotopic (exact) mass is 374 g/mol. The van der Waals surface area contributed by atoms with E-state index in [0.29, 0.717) is 5.75 Å². The molecule has 0 aliphatic carbocycles. The number of hydrogen-bond acceptors (Lipinski definition) is 4. The van der Waals surface area contributed by atoms with Crippen LogP contribution in [-0.4, -0.2) is 37.8 Å². The number of alkyl carbamates (subject to hydrolysis) is 1. The largest absolute Gasteiger partial charge is 0.497 e. The fraction of sp³-hybridized carbons (Fsp3) is 0.500. The summed E-state index contributed by atoms with van der Waals surface area (Å²) in [5, 5.41) is 2.21. The summed E-state index contributed by atoms with van der Waals surface area (Å²) in [6, 6.07) is 5.32. The molecule has 0 fully saturated rings. The van der Waals surface area contributed by atoms with Gasteiger partial charge in [-0.15, -0.1) is 0 Å². The Morgan fingerprint density at radius 3 is 1.96 bits per heavy atom.